The summed E-state index contributed by atoms with van der Waals surface area (Å²) in [4.78, 5) is 4.31. The van der Waals surface area contributed by atoms with Gasteiger partial charge in [-0.2, -0.15) is 0 Å². The normalized spacial score (nSPS) is 10.2. The Morgan fingerprint density at radius 3 is 2.59 bits per heavy atom. The van der Waals surface area contributed by atoms with Crippen LogP contribution in [0.3, 0.4) is 0 Å². The molecular weight excluding hydrogens is 280 g/mol. The number of hydrogen-bond donors (Lipinski definition) is 1. The van der Waals surface area contributed by atoms with E-state index in [-0.39, 0.29) is 0 Å². The fraction of sp³-hybridized carbons (Fsp3) is 0.154. The molecule has 2 N–H and O–H groups in total. The first kappa shape index (κ1) is 12.1. The molecule has 3 nitrogen and oxygen atoms in total. The van der Waals surface area contributed by atoms with Crippen molar-refractivity contribution < 1.29 is 4.74 Å². The van der Waals surface area contributed by atoms with Crippen LogP contribution in [0, 0.1) is 0 Å². The fourth-order valence-corrected chi connectivity index (χ4v) is 1.80. The molecule has 4 heteroatoms. The quantitative estimate of drug-likeness (QED) is 0.943. The van der Waals surface area contributed by atoms with Crippen molar-refractivity contribution in [2.45, 2.75) is 13.2 Å². The average molecular weight is 293 g/mol. The lowest BCUT2D eigenvalue weighted by molar-refractivity contribution is 0.293. The monoisotopic (exact) mass is 292 g/mol. The summed E-state index contributed by atoms with van der Waals surface area (Å²) < 4.78 is 6.51. The van der Waals surface area contributed by atoms with Gasteiger partial charge in [0.05, 0.1) is 5.69 Å². The van der Waals surface area contributed by atoms with E-state index in [0.29, 0.717) is 19.0 Å². The van der Waals surface area contributed by atoms with Gasteiger partial charge in [-0.3, -0.25) is 0 Å². The Morgan fingerprint density at radius 1 is 1.12 bits per heavy atom. The number of rotatable bonds is 4. The molecule has 0 saturated heterocycles. The lowest BCUT2D eigenvalue weighted by atomic mass is 10.2. The molecule has 1 aromatic heterocycles. The second-order valence-corrected chi connectivity index (χ2v) is 4.41. The minimum atomic E-state index is 0.392. The summed E-state index contributed by atoms with van der Waals surface area (Å²) in [6.45, 7) is 0.905. The number of halogens is 1. The van der Waals surface area contributed by atoms with Crippen molar-refractivity contribution >= 4 is 15.9 Å². The van der Waals surface area contributed by atoms with Crippen molar-refractivity contribution in [2.75, 3.05) is 0 Å². The maximum absolute atomic E-state index is 5.60. The van der Waals surface area contributed by atoms with Crippen LogP contribution in [0.1, 0.15) is 11.3 Å². The summed E-state index contributed by atoms with van der Waals surface area (Å²) >= 11 is 3.39. The smallest absolute Gasteiger partial charge is 0.213 e. The van der Waals surface area contributed by atoms with E-state index in [1.165, 1.54) is 0 Å². The number of aromatic nitrogens is 1. The van der Waals surface area contributed by atoms with Gasteiger partial charge in [0, 0.05) is 17.1 Å². The van der Waals surface area contributed by atoms with Crippen molar-refractivity contribution in [3.05, 3.63) is 58.2 Å². The predicted molar refractivity (Wildman–Crippen MR) is 70.6 cm³/mol. The average Bonchev–Trinajstić information content (AvgIpc) is 2.39. The molecule has 0 unspecified atom stereocenters. The second kappa shape index (κ2) is 5.80. The van der Waals surface area contributed by atoms with E-state index in [1.807, 2.05) is 42.5 Å². The minimum Gasteiger partial charge on any atom is -0.473 e. The van der Waals surface area contributed by atoms with Gasteiger partial charge in [0.25, 0.3) is 0 Å². The molecule has 0 aliphatic heterocycles. The molecule has 2 rings (SSSR count). The Morgan fingerprint density at radius 2 is 1.88 bits per heavy atom. The minimum absolute atomic E-state index is 0.392. The molecule has 0 aliphatic carbocycles. The predicted octanol–water partition coefficient (Wildman–Crippen LogP) is 2.88. The van der Waals surface area contributed by atoms with Gasteiger partial charge in [0.2, 0.25) is 5.88 Å². The van der Waals surface area contributed by atoms with Gasteiger partial charge in [-0.1, -0.05) is 30.3 Å². The van der Waals surface area contributed by atoms with Gasteiger partial charge in [0.15, 0.2) is 0 Å². The molecule has 0 fully saturated rings. The molecule has 0 bridgehead atoms. The van der Waals surface area contributed by atoms with E-state index >= 15 is 0 Å². The van der Waals surface area contributed by atoms with E-state index in [2.05, 4.69) is 20.9 Å². The summed E-state index contributed by atoms with van der Waals surface area (Å²) in [5.41, 5.74) is 7.50. The summed E-state index contributed by atoms with van der Waals surface area (Å²) in [7, 11) is 0. The molecule has 1 heterocycles. The third kappa shape index (κ3) is 3.28. The standard InChI is InChI=1S/C13H13BrN2O/c14-11-6-7-13(16-12(11)8-15)17-9-10-4-2-1-3-5-10/h1-7H,8-9,15H2. The first-order chi connectivity index (χ1) is 8.29. The van der Waals surface area contributed by atoms with Crippen LogP contribution in [0.4, 0.5) is 0 Å². The van der Waals surface area contributed by atoms with Crippen LogP contribution in [-0.2, 0) is 13.2 Å². The Bertz CT molecular complexity index is 488. The van der Waals surface area contributed by atoms with Gasteiger partial charge < -0.3 is 10.5 Å². The number of nitrogens with zero attached hydrogens (tertiary/aromatic N) is 1. The molecule has 2 aromatic rings. The van der Waals surface area contributed by atoms with Crippen LogP contribution in [0.25, 0.3) is 0 Å². The third-order valence-electron chi connectivity index (χ3n) is 2.32. The highest BCUT2D eigenvalue weighted by molar-refractivity contribution is 9.10. The maximum atomic E-state index is 5.60. The van der Waals surface area contributed by atoms with Crippen LogP contribution in [-0.4, -0.2) is 4.98 Å². The molecule has 0 aliphatic rings. The van der Waals surface area contributed by atoms with Gasteiger partial charge in [-0.25, -0.2) is 4.98 Å². The topological polar surface area (TPSA) is 48.1 Å². The van der Waals surface area contributed by atoms with Crippen LogP contribution in [0.5, 0.6) is 5.88 Å². The highest BCUT2D eigenvalue weighted by Crippen LogP contribution is 2.18. The Kier molecular flexibility index (Phi) is 4.12. The molecule has 0 atom stereocenters. The lowest BCUT2D eigenvalue weighted by Gasteiger charge is -2.07. The SMILES string of the molecule is NCc1nc(OCc2ccccc2)ccc1Br. The number of ether oxygens (including phenoxy) is 1. The molecular formula is C13H13BrN2O. The number of pyridine rings is 1. The van der Waals surface area contributed by atoms with E-state index in [4.69, 9.17) is 10.5 Å². The Labute approximate surface area is 109 Å². The van der Waals surface area contributed by atoms with Crippen molar-refractivity contribution in [2.24, 2.45) is 5.73 Å². The molecule has 17 heavy (non-hydrogen) atoms. The third-order valence-corrected chi connectivity index (χ3v) is 3.04. The van der Waals surface area contributed by atoms with Gasteiger partial charge in [0.1, 0.15) is 6.61 Å². The van der Waals surface area contributed by atoms with Gasteiger partial charge in [-0.15, -0.1) is 0 Å². The number of benzene rings is 1. The van der Waals surface area contributed by atoms with Crippen LogP contribution in [0.15, 0.2) is 46.9 Å². The summed E-state index contributed by atoms with van der Waals surface area (Å²) in [6, 6.07) is 13.7. The number of hydrogen-bond acceptors (Lipinski definition) is 3. The second-order valence-electron chi connectivity index (χ2n) is 3.56. The largest absolute Gasteiger partial charge is 0.473 e. The maximum Gasteiger partial charge on any atom is 0.213 e. The van der Waals surface area contributed by atoms with E-state index in [9.17, 15) is 0 Å². The fourth-order valence-electron chi connectivity index (χ4n) is 1.42. The summed E-state index contributed by atoms with van der Waals surface area (Å²) in [6.07, 6.45) is 0. The highest BCUT2D eigenvalue weighted by atomic mass is 79.9. The lowest BCUT2D eigenvalue weighted by Crippen LogP contribution is -2.03. The van der Waals surface area contributed by atoms with Crippen molar-refractivity contribution in [1.82, 2.24) is 4.98 Å². The van der Waals surface area contributed by atoms with E-state index in [1.54, 1.807) is 0 Å². The summed E-state index contributed by atoms with van der Waals surface area (Å²) in [5, 5.41) is 0. The highest BCUT2D eigenvalue weighted by Gasteiger charge is 2.02. The first-order valence-electron chi connectivity index (χ1n) is 5.32. The van der Waals surface area contributed by atoms with Gasteiger partial charge >= 0.3 is 0 Å². The summed E-state index contributed by atoms with van der Waals surface area (Å²) in [5.74, 6) is 0.595. The molecule has 1 aromatic carbocycles. The Hall–Kier alpha value is -1.39. The van der Waals surface area contributed by atoms with Crippen molar-refractivity contribution in [3.63, 3.8) is 0 Å². The van der Waals surface area contributed by atoms with Crippen LogP contribution < -0.4 is 10.5 Å². The van der Waals surface area contributed by atoms with E-state index in [0.717, 1.165) is 15.7 Å². The van der Waals surface area contributed by atoms with Crippen molar-refractivity contribution in [1.29, 1.82) is 0 Å². The molecule has 0 radical (unpaired) electrons. The Balaban J connectivity index is 2.04. The zero-order valence-electron chi connectivity index (χ0n) is 9.27. The molecule has 0 saturated carbocycles. The first-order valence-corrected chi connectivity index (χ1v) is 6.11. The molecule has 0 spiro atoms. The zero-order chi connectivity index (χ0) is 12.1. The molecule has 0 amide bonds. The van der Waals surface area contributed by atoms with Crippen molar-refractivity contribution in [3.8, 4) is 5.88 Å². The van der Waals surface area contributed by atoms with Gasteiger partial charge in [-0.05, 0) is 27.6 Å². The molecule has 88 valence electrons. The van der Waals surface area contributed by atoms with Crippen LogP contribution >= 0.6 is 15.9 Å². The number of nitrogens with two attached hydrogens (primary N) is 1. The van der Waals surface area contributed by atoms with E-state index < -0.39 is 0 Å². The zero-order valence-corrected chi connectivity index (χ0v) is 10.9. The van der Waals surface area contributed by atoms with Crippen LogP contribution in [0.2, 0.25) is 0 Å².